The summed E-state index contributed by atoms with van der Waals surface area (Å²) in [6.45, 7) is 1.15. The van der Waals surface area contributed by atoms with Crippen molar-refractivity contribution in [3.05, 3.63) is 139 Å². The first-order valence-electron chi connectivity index (χ1n) is 15.3. The zero-order chi connectivity index (χ0) is 40.1. The maximum Gasteiger partial charge on any atom is 0.416 e. The van der Waals surface area contributed by atoms with Crippen LogP contribution in [0.5, 0.6) is 0 Å². The Morgan fingerprint density at radius 2 is 1.08 bits per heavy atom. The lowest BCUT2D eigenvalue weighted by molar-refractivity contribution is -0.138. The summed E-state index contributed by atoms with van der Waals surface area (Å²) in [5.41, 5.74) is 15.4. The van der Waals surface area contributed by atoms with Gasteiger partial charge >= 0.3 is 18.5 Å². The lowest BCUT2D eigenvalue weighted by Gasteiger charge is -2.57. The highest BCUT2D eigenvalue weighted by Crippen LogP contribution is 2.52. The summed E-state index contributed by atoms with van der Waals surface area (Å²) in [4.78, 5) is 0. The van der Waals surface area contributed by atoms with Crippen LogP contribution < -0.4 is 22.9 Å². The predicted molar refractivity (Wildman–Crippen MR) is 175 cm³/mol. The summed E-state index contributed by atoms with van der Waals surface area (Å²) in [6.07, 6.45) is -16.9. The van der Waals surface area contributed by atoms with Gasteiger partial charge in [-0.05, 0) is 103 Å². The molecule has 0 amide bonds. The first kappa shape index (κ1) is 42.2. The van der Waals surface area contributed by atoms with E-state index in [1.54, 1.807) is 0 Å². The minimum Gasteiger partial charge on any atom is -0.326 e. The topological polar surface area (TPSA) is 104 Å². The van der Waals surface area contributed by atoms with Crippen LogP contribution in [0.4, 0.5) is 52.7 Å². The van der Waals surface area contributed by atoms with Crippen molar-refractivity contribution in [3.8, 4) is 0 Å². The fourth-order valence-electron chi connectivity index (χ4n) is 6.80. The second-order valence-electron chi connectivity index (χ2n) is 12.6. The molecule has 4 rings (SSSR count). The lowest BCUT2D eigenvalue weighted by atomic mass is 9.52. The largest absolute Gasteiger partial charge is 0.416 e. The fourth-order valence-corrected chi connectivity index (χ4v) is 7.36. The van der Waals surface area contributed by atoms with E-state index in [0.29, 0.717) is 36.4 Å². The van der Waals surface area contributed by atoms with Crippen LogP contribution in [0.15, 0.2) is 72.8 Å². The Kier molecular flexibility index (Phi) is 11.9. The average molecular weight is 806 g/mol. The van der Waals surface area contributed by atoms with Crippen molar-refractivity contribution in [1.82, 2.24) is 0 Å². The lowest BCUT2D eigenvalue weighted by Crippen LogP contribution is -2.76. The maximum absolute atomic E-state index is 15.4. The number of halogens is 14. The normalized spacial score (nSPS) is 16.8. The highest BCUT2D eigenvalue weighted by molar-refractivity contribution is 6.35. The van der Waals surface area contributed by atoms with Gasteiger partial charge in [-0.25, -0.2) is 13.2 Å². The van der Waals surface area contributed by atoms with Crippen LogP contribution in [0, 0.1) is 17.5 Å². The molecular formula is C35H30Cl2F12N4. The Bertz CT molecular complexity index is 1970. The Balaban J connectivity index is 2.17. The minimum absolute atomic E-state index is 0.0407. The van der Waals surface area contributed by atoms with Crippen molar-refractivity contribution >= 4 is 23.2 Å². The zero-order valence-corrected chi connectivity index (χ0v) is 28.7. The molecule has 0 aromatic heterocycles. The monoisotopic (exact) mass is 804 g/mol. The van der Waals surface area contributed by atoms with E-state index in [1.165, 1.54) is 6.07 Å². The van der Waals surface area contributed by atoms with Gasteiger partial charge in [-0.3, -0.25) is 0 Å². The van der Waals surface area contributed by atoms with E-state index in [4.69, 9.17) is 46.1 Å². The molecule has 5 atom stereocenters. The van der Waals surface area contributed by atoms with E-state index in [2.05, 4.69) is 0 Å². The second kappa shape index (κ2) is 14.9. The standard InChI is InChI=1S/C35H30Cl2F12N4/c1-16(50)32(53,21-11-22(35(47,48)49)13-24(38)12-21)31(25-6-5-23(36)15-26(25)37,29(51)9-17-2-3-20(14-28(17)40)34(44,45)46)30(52)10-18-8-19(33(41,42)43)4-7-27(18)39/h2-8,11-16,29-30H,9-10,50-53H2,1H3. The molecule has 0 aliphatic rings. The second-order valence-corrected chi connectivity index (χ2v) is 13.4. The van der Waals surface area contributed by atoms with Crippen molar-refractivity contribution in [3.63, 3.8) is 0 Å². The summed E-state index contributed by atoms with van der Waals surface area (Å²) < 4.78 is 170. The molecule has 0 saturated heterocycles. The molecule has 0 aliphatic heterocycles. The number of benzene rings is 4. The number of rotatable bonds is 10. The Labute approximate surface area is 305 Å². The highest BCUT2D eigenvalue weighted by atomic mass is 35.5. The van der Waals surface area contributed by atoms with Crippen LogP contribution in [0.3, 0.4) is 0 Å². The zero-order valence-electron chi connectivity index (χ0n) is 27.2. The molecule has 18 heteroatoms. The molecule has 0 saturated carbocycles. The summed E-state index contributed by atoms with van der Waals surface area (Å²) in [6, 6.07) is 1.80. The third-order valence-corrected chi connectivity index (χ3v) is 9.83. The van der Waals surface area contributed by atoms with E-state index in [0.717, 1.165) is 25.1 Å². The number of alkyl halides is 9. The highest BCUT2D eigenvalue weighted by Gasteiger charge is 2.61. The van der Waals surface area contributed by atoms with Crippen molar-refractivity contribution in [2.24, 2.45) is 22.9 Å². The molecule has 5 unspecified atom stereocenters. The first-order chi connectivity index (χ1) is 24.2. The molecule has 4 nitrogen and oxygen atoms in total. The smallest absolute Gasteiger partial charge is 0.326 e. The SMILES string of the molecule is CC(N)C(N)(c1cc(F)cc(C(F)(F)F)c1)C(c1ccc(Cl)cc1Cl)(C(N)Cc1ccc(C(F)(F)F)cc1F)C(N)Cc1cc(C(F)(F)F)ccc1F. The Morgan fingerprint density at radius 1 is 0.566 bits per heavy atom. The summed E-state index contributed by atoms with van der Waals surface area (Å²) >= 11 is 12.8. The molecule has 0 bridgehead atoms. The van der Waals surface area contributed by atoms with Gasteiger partial charge in [0.2, 0.25) is 0 Å². The van der Waals surface area contributed by atoms with Crippen LogP contribution in [0.25, 0.3) is 0 Å². The molecule has 4 aromatic rings. The van der Waals surface area contributed by atoms with Crippen LogP contribution in [0.1, 0.15) is 45.9 Å². The van der Waals surface area contributed by atoms with E-state index >= 15 is 13.2 Å². The number of nitrogens with two attached hydrogens (primary N) is 4. The van der Waals surface area contributed by atoms with Crippen molar-refractivity contribution < 1.29 is 52.7 Å². The summed E-state index contributed by atoms with van der Waals surface area (Å²) in [5, 5.41) is -0.412. The molecule has 8 N–H and O–H groups in total. The van der Waals surface area contributed by atoms with Gasteiger partial charge in [-0.2, -0.15) is 39.5 Å². The van der Waals surface area contributed by atoms with Gasteiger partial charge in [0, 0.05) is 28.2 Å². The number of hydrogen-bond acceptors (Lipinski definition) is 4. The molecule has 0 spiro atoms. The van der Waals surface area contributed by atoms with Crippen LogP contribution in [-0.2, 0) is 42.3 Å². The molecule has 0 fully saturated rings. The van der Waals surface area contributed by atoms with Gasteiger partial charge in [0.15, 0.2) is 0 Å². The number of hydrogen-bond donors (Lipinski definition) is 4. The molecule has 0 radical (unpaired) electrons. The van der Waals surface area contributed by atoms with Gasteiger partial charge < -0.3 is 22.9 Å². The minimum atomic E-state index is -5.19. The third-order valence-electron chi connectivity index (χ3n) is 9.29. The molecule has 0 aliphatic carbocycles. The third kappa shape index (κ3) is 8.27. The van der Waals surface area contributed by atoms with Crippen molar-refractivity contribution in [1.29, 1.82) is 0 Å². The van der Waals surface area contributed by atoms with Gasteiger partial charge in [0.05, 0.1) is 27.6 Å². The maximum atomic E-state index is 15.4. The summed E-state index contributed by atoms with van der Waals surface area (Å²) in [7, 11) is 0. The van der Waals surface area contributed by atoms with E-state index in [9.17, 15) is 39.5 Å². The van der Waals surface area contributed by atoms with Crippen LogP contribution in [-0.4, -0.2) is 18.1 Å². The fraction of sp³-hybridized carbons (Fsp3) is 0.314. The Morgan fingerprint density at radius 3 is 1.58 bits per heavy atom. The molecule has 0 heterocycles. The van der Waals surface area contributed by atoms with Crippen LogP contribution >= 0.6 is 23.2 Å². The van der Waals surface area contributed by atoms with Gasteiger partial charge in [-0.15, -0.1) is 0 Å². The van der Waals surface area contributed by atoms with Crippen molar-refractivity contribution in [2.75, 3.05) is 0 Å². The predicted octanol–water partition coefficient (Wildman–Crippen LogP) is 9.05. The molecular weight excluding hydrogens is 775 g/mol. The molecule has 288 valence electrons. The van der Waals surface area contributed by atoms with Crippen LogP contribution in [0.2, 0.25) is 10.0 Å². The Hall–Kier alpha value is -3.54. The molecule has 4 aromatic carbocycles. The van der Waals surface area contributed by atoms with Gasteiger partial charge in [0.1, 0.15) is 17.5 Å². The first-order valence-corrected chi connectivity index (χ1v) is 16.1. The van der Waals surface area contributed by atoms with E-state index in [1.807, 2.05) is 0 Å². The van der Waals surface area contributed by atoms with Crippen molar-refractivity contribution in [2.45, 2.75) is 67.4 Å². The van der Waals surface area contributed by atoms with Gasteiger partial charge in [0.25, 0.3) is 0 Å². The molecule has 53 heavy (non-hydrogen) atoms. The van der Waals surface area contributed by atoms with E-state index < -0.39 is 111 Å². The van der Waals surface area contributed by atoms with Gasteiger partial charge in [-0.1, -0.05) is 35.3 Å². The average Bonchev–Trinajstić information content (AvgIpc) is 3.02. The quantitative estimate of drug-likeness (QED) is 0.120. The van der Waals surface area contributed by atoms with E-state index in [-0.39, 0.29) is 27.7 Å². The summed E-state index contributed by atoms with van der Waals surface area (Å²) in [5.74, 6) is -4.15.